The molecule has 0 unspecified atom stereocenters. The number of rotatable bonds is 6. The summed E-state index contributed by atoms with van der Waals surface area (Å²) >= 11 is 6.34. The average Bonchev–Trinajstić information content (AvgIpc) is 3.34. The fourth-order valence-electron chi connectivity index (χ4n) is 3.68. The lowest BCUT2D eigenvalue weighted by Gasteiger charge is -2.34. The predicted octanol–water partition coefficient (Wildman–Crippen LogP) is 3.16. The molecule has 0 bridgehead atoms. The Labute approximate surface area is 164 Å². The maximum atomic E-state index is 9.55. The van der Waals surface area contributed by atoms with Gasteiger partial charge >= 0.3 is 11.9 Å². The van der Waals surface area contributed by atoms with Gasteiger partial charge in [-0.05, 0) is 37.4 Å². The SMILES string of the molecule is Clc1ccccc1CN(C1CCCC1)[C@H]1CCNC1.O=C(O)/C=C/C(=O)O. The highest BCUT2D eigenvalue weighted by Crippen LogP contribution is 2.29. The molecular formula is C20H27ClN2O4. The van der Waals surface area contributed by atoms with Gasteiger partial charge in [0, 0.05) is 42.3 Å². The first kappa shape index (κ1) is 21.4. The van der Waals surface area contributed by atoms with Gasteiger partial charge in [0.25, 0.3) is 0 Å². The fourth-order valence-corrected chi connectivity index (χ4v) is 3.88. The normalized spacial score (nSPS) is 20.0. The molecule has 3 N–H and O–H groups in total. The zero-order valence-electron chi connectivity index (χ0n) is 15.3. The van der Waals surface area contributed by atoms with E-state index < -0.39 is 11.9 Å². The molecule has 2 fully saturated rings. The van der Waals surface area contributed by atoms with Gasteiger partial charge < -0.3 is 15.5 Å². The van der Waals surface area contributed by atoms with E-state index >= 15 is 0 Å². The van der Waals surface area contributed by atoms with Crippen molar-refractivity contribution in [3.8, 4) is 0 Å². The van der Waals surface area contributed by atoms with Crippen molar-refractivity contribution in [1.82, 2.24) is 10.2 Å². The smallest absolute Gasteiger partial charge is 0.328 e. The minimum absolute atomic E-state index is 0.558. The third-order valence-electron chi connectivity index (χ3n) is 4.98. The van der Waals surface area contributed by atoms with E-state index in [0.29, 0.717) is 18.2 Å². The van der Waals surface area contributed by atoms with Gasteiger partial charge in [0.15, 0.2) is 0 Å². The molecule has 3 rings (SSSR count). The van der Waals surface area contributed by atoms with Crippen molar-refractivity contribution in [2.45, 2.75) is 50.7 Å². The molecule has 1 saturated carbocycles. The number of nitrogens with zero attached hydrogens (tertiary/aromatic N) is 1. The number of halogens is 1. The van der Waals surface area contributed by atoms with Crippen molar-refractivity contribution in [3.05, 3.63) is 47.0 Å². The van der Waals surface area contributed by atoms with E-state index in [0.717, 1.165) is 30.7 Å². The van der Waals surface area contributed by atoms with E-state index in [4.69, 9.17) is 21.8 Å². The summed E-state index contributed by atoms with van der Waals surface area (Å²) < 4.78 is 0. The molecule has 1 aliphatic carbocycles. The van der Waals surface area contributed by atoms with E-state index in [1.54, 1.807) is 0 Å². The number of hydrogen-bond donors (Lipinski definition) is 3. The van der Waals surface area contributed by atoms with Crippen LogP contribution in [0.5, 0.6) is 0 Å². The minimum atomic E-state index is -1.26. The van der Waals surface area contributed by atoms with Gasteiger partial charge in [-0.15, -0.1) is 0 Å². The van der Waals surface area contributed by atoms with Crippen LogP contribution in [-0.2, 0) is 16.1 Å². The number of carbonyl (C=O) groups is 2. The Balaban J connectivity index is 0.000000279. The maximum Gasteiger partial charge on any atom is 0.328 e. The highest BCUT2D eigenvalue weighted by Gasteiger charge is 2.30. The number of carboxylic acid groups (broad SMARTS) is 2. The van der Waals surface area contributed by atoms with Crippen molar-refractivity contribution in [1.29, 1.82) is 0 Å². The van der Waals surface area contributed by atoms with E-state index in [1.807, 2.05) is 12.1 Å². The molecule has 27 heavy (non-hydrogen) atoms. The molecule has 1 saturated heterocycles. The lowest BCUT2D eigenvalue weighted by atomic mass is 10.1. The predicted molar refractivity (Wildman–Crippen MR) is 105 cm³/mol. The zero-order valence-corrected chi connectivity index (χ0v) is 16.1. The molecule has 148 valence electrons. The minimum Gasteiger partial charge on any atom is -0.478 e. The van der Waals surface area contributed by atoms with Crippen LogP contribution in [0.15, 0.2) is 36.4 Å². The average molecular weight is 395 g/mol. The molecule has 1 aliphatic heterocycles. The molecule has 1 heterocycles. The van der Waals surface area contributed by atoms with E-state index in [1.165, 1.54) is 37.7 Å². The number of hydrogen-bond acceptors (Lipinski definition) is 4. The first-order valence-corrected chi connectivity index (χ1v) is 9.69. The largest absolute Gasteiger partial charge is 0.478 e. The molecule has 0 aromatic heterocycles. The van der Waals surface area contributed by atoms with Crippen molar-refractivity contribution < 1.29 is 19.8 Å². The van der Waals surface area contributed by atoms with Gasteiger partial charge in [0.1, 0.15) is 0 Å². The van der Waals surface area contributed by atoms with Crippen LogP contribution in [0.3, 0.4) is 0 Å². The van der Waals surface area contributed by atoms with Crippen molar-refractivity contribution in [3.63, 3.8) is 0 Å². The van der Waals surface area contributed by atoms with E-state index in [-0.39, 0.29) is 0 Å². The second-order valence-electron chi connectivity index (χ2n) is 6.86. The van der Waals surface area contributed by atoms with Crippen LogP contribution in [0.25, 0.3) is 0 Å². The highest BCUT2D eigenvalue weighted by molar-refractivity contribution is 6.31. The first-order valence-electron chi connectivity index (χ1n) is 9.31. The summed E-state index contributed by atoms with van der Waals surface area (Å²) in [4.78, 5) is 21.8. The van der Waals surface area contributed by atoms with E-state index in [2.05, 4.69) is 22.3 Å². The Morgan fingerprint density at radius 3 is 2.22 bits per heavy atom. The summed E-state index contributed by atoms with van der Waals surface area (Å²) in [5.41, 5.74) is 1.28. The van der Waals surface area contributed by atoms with Crippen LogP contribution in [-0.4, -0.2) is 52.2 Å². The molecule has 0 radical (unpaired) electrons. The number of benzene rings is 1. The summed E-state index contributed by atoms with van der Waals surface area (Å²) in [5, 5.41) is 20.0. The second kappa shape index (κ2) is 11.1. The Morgan fingerprint density at radius 2 is 1.70 bits per heavy atom. The Kier molecular flexibility index (Phi) is 8.78. The zero-order chi connectivity index (χ0) is 19.6. The van der Waals surface area contributed by atoms with Crippen LogP contribution in [0.2, 0.25) is 5.02 Å². The summed E-state index contributed by atoms with van der Waals surface area (Å²) in [6.45, 7) is 3.31. The van der Waals surface area contributed by atoms with Crippen molar-refractivity contribution >= 4 is 23.5 Å². The number of aliphatic carboxylic acids is 2. The molecular weight excluding hydrogens is 368 g/mol. The van der Waals surface area contributed by atoms with Crippen LogP contribution < -0.4 is 5.32 Å². The van der Waals surface area contributed by atoms with Crippen LogP contribution in [0.1, 0.15) is 37.7 Å². The highest BCUT2D eigenvalue weighted by atomic mass is 35.5. The standard InChI is InChI=1S/C16H23ClN2.C4H4O4/c17-16-8-4-1-5-13(16)12-19(14-6-2-3-7-14)15-9-10-18-11-15;5-3(6)1-2-4(7)8/h1,4-5,8,14-15,18H,2-3,6-7,9-12H2;1-2H,(H,5,6)(H,7,8)/b;2-1+/t15-;/m0./s1. The summed E-state index contributed by atoms with van der Waals surface area (Å²) in [7, 11) is 0. The van der Waals surface area contributed by atoms with E-state index in [9.17, 15) is 9.59 Å². The Hall–Kier alpha value is -1.89. The van der Waals surface area contributed by atoms with Gasteiger partial charge in [0.05, 0.1) is 0 Å². The van der Waals surface area contributed by atoms with Crippen molar-refractivity contribution in [2.24, 2.45) is 0 Å². The fraction of sp³-hybridized carbons (Fsp3) is 0.500. The lowest BCUT2D eigenvalue weighted by molar-refractivity contribution is -0.134. The van der Waals surface area contributed by atoms with Crippen LogP contribution in [0, 0.1) is 0 Å². The topological polar surface area (TPSA) is 89.9 Å². The number of carboxylic acids is 2. The quantitative estimate of drug-likeness (QED) is 0.642. The molecule has 6 nitrogen and oxygen atoms in total. The Bertz CT molecular complexity index is 621. The van der Waals surface area contributed by atoms with Crippen molar-refractivity contribution in [2.75, 3.05) is 13.1 Å². The van der Waals surface area contributed by atoms with Gasteiger partial charge in [-0.1, -0.05) is 42.6 Å². The molecule has 0 spiro atoms. The van der Waals surface area contributed by atoms with Crippen LogP contribution in [0.4, 0.5) is 0 Å². The third kappa shape index (κ3) is 7.33. The van der Waals surface area contributed by atoms with Gasteiger partial charge in [0.2, 0.25) is 0 Å². The summed E-state index contributed by atoms with van der Waals surface area (Å²) in [6.07, 6.45) is 7.90. The summed E-state index contributed by atoms with van der Waals surface area (Å²) in [6, 6.07) is 9.76. The molecule has 1 aromatic rings. The molecule has 1 atom stereocenters. The van der Waals surface area contributed by atoms with Gasteiger partial charge in [-0.3, -0.25) is 4.90 Å². The Morgan fingerprint density at radius 1 is 1.07 bits per heavy atom. The number of nitrogens with one attached hydrogen (secondary N) is 1. The third-order valence-corrected chi connectivity index (χ3v) is 5.35. The molecule has 0 amide bonds. The lowest BCUT2D eigenvalue weighted by Crippen LogP contribution is -2.42. The molecule has 7 heteroatoms. The molecule has 1 aromatic carbocycles. The monoisotopic (exact) mass is 394 g/mol. The van der Waals surface area contributed by atoms with Crippen LogP contribution >= 0.6 is 11.6 Å². The second-order valence-corrected chi connectivity index (χ2v) is 7.27. The first-order chi connectivity index (χ1) is 13.0. The van der Waals surface area contributed by atoms with Gasteiger partial charge in [-0.25, -0.2) is 9.59 Å². The van der Waals surface area contributed by atoms with Gasteiger partial charge in [-0.2, -0.15) is 0 Å². The molecule has 2 aliphatic rings. The maximum absolute atomic E-state index is 9.55. The summed E-state index contributed by atoms with van der Waals surface area (Å²) in [5.74, 6) is -2.51.